The molecule has 13 heavy (non-hydrogen) atoms. The van der Waals surface area contributed by atoms with Crippen LogP contribution in [-0.4, -0.2) is 5.11 Å². The van der Waals surface area contributed by atoms with Crippen LogP contribution in [0.2, 0.25) is 0 Å². The third kappa shape index (κ3) is 2.41. The van der Waals surface area contributed by atoms with Crippen molar-refractivity contribution in [1.29, 1.82) is 0 Å². The van der Waals surface area contributed by atoms with E-state index in [0.717, 1.165) is 11.1 Å². The Morgan fingerprint density at radius 2 is 1.85 bits per heavy atom. The minimum Gasteiger partial charge on any atom is -0.508 e. The van der Waals surface area contributed by atoms with E-state index in [4.69, 9.17) is 0 Å². The number of thiol groups is 1. The van der Waals surface area contributed by atoms with Gasteiger partial charge in [-0.1, -0.05) is 26.0 Å². The minimum absolute atomic E-state index is 0.0845. The normalized spacial score (nSPS) is 13.3. The second-order valence-corrected chi connectivity index (χ2v) is 4.42. The Kier molecular flexibility index (Phi) is 3.26. The molecule has 2 heteroatoms. The summed E-state index contributed by atoms with van der Waals surface area (Å²) in [5.74, 6) is 0.809. The van der Waals surface area contributed by atoms with Crippen LogP contribution in [0.5, 0.6) is 5.75 Å². The predicted molar refractivity (Wildman–Crippen MR) is 59.6 cm³/mol. The highest BCUT2D eigenvalue weighted by Crippen LogP contribution is 2.30. The molecule has 0 saturated carbocycles. The molecule has 72 valence electrons. The molecule has 1 aromatic carbocycles. The number of rotatable bonds is 2. The molecule has 1 aromatic rings. The van der Waals surface area contributed by atoms with Crippen LogP contribution >= 0.6 is 12.6 Å². The summed E-state index contributed by atoms with van der Waals surface area (Å²) in [5, 5.41) is 9.75. The summed E-state index contributed by atoms with van der Waals surface area (Å²) >= 11 is 4.28. The average molecular weight is 196 g/mol. The Morgan fingerprint density at radius 1 is 1.23 bits per heavy atom. The zero-order valence-electron chi connectivity index (χ0n) is 8.28. The maximum Gasteiger partial charge on any atom is 0.120 e. The second-order valence-electron chi connectivity index (χ2n) is 3.65. The van der Waals surface area contributed by atoms with Crippen molar-refractivity contribution in [3.05, 3.63) is 29.3 Å². The van der Waals surface area contributed by atoms with Gasteiger partial charge in [-0.15, -0.1) is 0 Å². The number of benzene rings is 1. The van der Waals surface area contributed by atoms with E-state index in [2.05, 4.69) is 26.5 Å². The molecule has 1 nitrogen and oxygen atoms in total. The van der Waals surface area contributed by atoms with E-state index >= 15 is 0 Å². The highest BCUT2D eigenvalue weighted by Gasteiger charge is 2.08. The Hall–Kier alpha value is -0.630. The standard InChI is InChI=1S/C11H16OS/c1-7(2)9-4-5-10(8(3)13)11(12)6-9/h4-8,12-13H,1-3H3. The fourth-order valence-electron chi connectivity index (χ4n) is 1.27. The molecule has 0 spiro atoms. The highest BCUT2D eigenvalue weighted by atomic mass is 32.1. The molecular weight excluding hydrogens is 180 g/mol. The van der Waals surface area contributed by atoms with Crippen LogP contribution in [-0.2, 0) is 0 Å². The molecule has 0 aliphatic carbocycles. The molecule has 0 heterocycles. The lowest BCUT2D eigenvalue weighted by atomic mass is 10.00. The molecule has 0 aliphatic heterocycles. The van der Waals surface area contributed by atoms with Crippen molar-refractivity contribution >= 4 is 12.6 Å². The lowest BCUT2D eigenvalue weighted by molar-refractivity contribution is 0.467. The van der Waals surface area contributed by atoms with Gasteiger partial charge in [-0.2, -0.15) is 12.6 Å². The number of hydrogen-bond donors (Lipinski definition) is 2. The van der Waals surface area contributed by atoms with Gasteiger partial charge in [0.15, 0.2) is 0 Å². The van der Waals surface area contributed by atoms with Crippen LogP contribution in [0.4, 0.5) is 0 Å². The van der Waals surface area contributed by atoms with Crippen LogP contribution < -0.4 is 0 Å². The maximum absolute atomic E-state index is 9.66. The van der Waals surface area contributed by atoms with Gasteiger partial charge in [-0.3, -0.25) is 0 Å². The Labute approximate surface area is 85.2 Å². The molecule has 0 aromatic heterocycles. The topological polar surface area (TPSA) is 20.2 Å². The second kappa shape index (κ2) is 4.05. The van der Waals surface area contributed by atoms with Crippen LogP contribution in [0, 0.1) is 0 Å². The van der Waals surface area contributed by atoms with E-state index < -0.39 is 0 Å². The van der Waals surface area contributed by atoms with Crippen molar-refractivity contribution in [3.8, 4) is 5.75 Å². The maximum atomic E-state index is 9.66. The zero-order valence-corrected chi connectivity index (χ0v) is 9.18. The van der Waals surface area contributed by atoms with Gasteiger partial charge < -0.3 is 5.11 Å². The Balaban J connectivity index is 3.06. The Bertz CT molecular complexity index is 292. The van der Waals surface area contributed by atoms with Gasteiger partial charge in [0.25, 0.3) is 0 Å². The first-order chi connectivity index (χ1) is 6.02. The largest absolute Gasteiger partial charge is 0.508 e. The minimum atomic E-state index is 0.0845. The van der Waals surface area contributed by atoms with Crippen molar-refractivity contribution in [2.45, 2.75) is 31.9 Å². The fraction of sp³-hybridized carbons (Fsp3) is 0.455. The van der Waals surface area contributed by atoms with Gasteiger partial charge in [0.2, 0.25) is 0 Å². The van der Waals surface area contributed by atoms with Crippen LogP contribution in [0.25, 0.3) is 0 Å². The van der Waals surface area contributed by atoms with Gasteiger partial charge >= 0.3 is 0 Å². The number of aromatic hydroxyl groups is 1. The van der Waals surface area contributed by atoms with Crippen molar-refractivity contribution in [2.24, 2.45) is 0 Å². The summed E-state index contributed by atoms with van der Waals surface area (Å²) < 4.78 is 0. The van der Waals surface area contributed by atoms with Crippen LogP contribution in [0.15, 0.2) is 18.2 Å². The van der Waals surface area contributed by atoms with Gasteiger partial charge in [0.1, 0.15) is 5.75 Å². The van der Waals surface area contributed by atoms with Crippen LogP contribution in [0.3, 0.4) is 0 Å². The van der Waals surface area contributed by atoms with Gasteiger partial charge in [0, 0.05) is 10.8 Å². The summed E-state index contributed by atoms with van der Waals surface area (Å²) in [5.41, 5.74) is 2.06. The van der Waals surface area contributed by atoms with E-state index in [1.54, 1.807) is 0 Å². The molecule has 0 radical (unpaired) electrons. The number of phenols is 1. The van der Waals surface area contributed by atoms with E-state index in [1.807, 2.05) is 25.1 Å². The molecule has 0 saturated heterocycles. The van der Waals surface area contributed by atoms with Gasteiger partial charge in [0.05, 0.1) is 0 Å². The van der Waals surface area contributed by atoms with E-state index in [1.165, 1.54) is 0 Å². The lowest BCUT2D eigenvalue weighted by Gasteiger charge is -2.11. The molecule has 1 rings (SSSR count). The molecule has 0 amide bonds. The van der Waals surface area contributed by atoms with Crippen LogP contribution in [0.1, 0.15) is 43.1 Å². The first-order valence-electron chi connectivity index (χ1n) is 4.53. The third-order valence-electron chi connectivity index (χ3n) is 2.17. The third-order valence-corrected chi connectivity index (χ3v) is 2.45. The first-order valence-corrected chi connectivity index (χ1v) is 5.05. The summed E-state index contributed by atoms with van der Waals surface area (Å²) in [6.45, 7) is 6.17. The van der Waals surface area contributed by atoms with Crippen molar-refractivity contribution < 1.29 is 5.11 Å². The van der Waals surface area contributed by atoms with Gasteiger partial charge in [-0.05, 0) is 24.5 Å². The quantitative estimate of drug-likeness (QED) is 0.694. The molecule has 0 bridgehead atoms. The smallest absolute Gasteiger partial charge is 0.120 e. The van der Waals surface area contributed by atoms with E-state index in [0.29, 0.717) is 11.7 Å². The molecule has 1 unspecified atom stereocenters. The van der Waals surface area contributed by atoms with Crippen molar-refractivity contribution in [2.75, 3.05) is 0 Å². The van der Waals surface area contributed by atoms with E-state index in [9.17, 15) is 5.11 Å². The number of hydrogen-bond acceptors (Lipinski definition) is 2. The summed E-state index contributed by atoms with van der Waals surface area (Å²) in [7, 11) is 0. The lowest BCUT2D eigenvalue weighted by Crippen LogP contribution is -1.90. The van der Waals surface area contributed by atoms with Crippen molar-refractivity contribution in [3.63, 3.8) is 0 Å². The molecule has 1 atom stereocenters. The summed E-state index contributed by atoms with van der Waals surface area (Å²) in [4.78, 5) is 0. The average Bonchev–Trinajstić information content (AvgIpc) is 2.03. The van der Waals surface area contributed by atoms with E-state index in [-0.39, 0.29) is 5.25 Å². The summed E-state index contributed by atoms with van der Waals surface area (Å²) in [6.07, 6.45) is 0. The zero-order chi connectivity index (χ0) is 10.0. The van der Waals surface area contributed by atoms with Crippen molar-refractivity contribution in [1.82, 2.24) is 0 Å². The fourth-order valence-corrected chi connectivity index (χ4v) is 1.49. The highest BCUT2D eigenvalue weighted by molar-refractivity contribution is 7.80. The Morgan fingerprint density at radius 3 is 2.23 bits per heavy atom. The molecule has 0 aliphatic rings. The SMILES string of the molecule is CC(C)c1ccc(C(C)S)c(O)c1. The predicted octanol–water partition coefficient (Wildman–Crippen LogP) is 3.51. The summed E-state index contributed by atoms with van der Waals surface area (Å²) in [6, 6.07) is 5.82. The molecule has 0 fully saturated rings. The number of phenolic OH excluding ortho intramolecular Hbond substituents is 1. The molecule has 1 N–H and O–H groups in total. The first kappa shape index (κ1) is 10.5. The monoisotopic (exact) mass is 196 g/mol. The van der Waals surface area contributed by atoms with Gasteiger partial charge in [-0.25, -0.2) is 0 Å². The molecular formula is C11H16OS.